The molecule has 1 atom stereocenters. The third kappa shape index (κ3) is 2.53. The van der Waals surface area contributed by atoms with Gasteiger partial charge in [0.15, 0.2) is 0 Å². The zero-order valence-electron chi connectivity index (χ0n) is 10.2. The number of nitrogens with zero attached hydrogens (tertiary/aromatic N) is 2. The largest absolute Gasteiger partial charge is 0.480 e. The van der Waals surface area contributed by atoms with Crippen LogP contribution in [0, 0.1) is 0 Å². The van der Waals surface area contributed by atoms with E-state index in [4.69, 9.17) is 5.11 Å². The number of aromatic nitrogens is 1. The summed E-state index contributed by atoms with van der Waals surface area (Å²) in [6.45, 7) is 2.23. The van der Waals surface area contributed by atoms with Gasteiger partial charge in [-0.15, -0.1) is 0 Å². The predicted octanol–water partition coefficient (Wildman–Crippen LogP) is 0.170. The van der Waals surface area contributed by atoms with Crippen LogP contribution in [0.2, 0.25) is 0 Å². The standard InChI is InChI=1S/C12H16N2O4/c1-12(18)4-6-14(8-12)11(17)9-3-2-5-13(9)7-10(15)16/h2-3,5,18H,4,6-8H2,1H3,(H,15,16). The fourth-order valence-electron chi connectivity index (χ4n) is 2.17. The van der Waals surface area contributed by atoms with E-state index in [2.05, 4.69) is 0 Å². The van der Waals surface area contributed by atoms with Crippen LogP contribution in [0.1, 0.15) is 23.8 Å². The average Bonchev–Trinajstić information content (AvgIpc) is 2.83. The van der Waals surface area contributed by atoms with Gasteiger partial charge < -0.3 is 19.7 Å². The Morgan fingerprint density at radius 3 is 2.78 bits per heavy atom. The molecule has 2 N–H and O–H groups in total. The van der Waals surface area contributed by atoms with Crippen LogP contribution in [0.5, 0.6) is 0 Å². The summed E-state index contributed by atoms with van der Waals surface area (Å²) in [5, 5.41) is 18.6. The SMILES string of the molecule is CC1(O)CCN(C(=O)c2cccn2CC(=O)O)C1. The van der Waals surface area contributed by atoms with Gasteiger partial charge >= 0.3 is 5.97 Å². The Balaban J connectivity index is 2.15. The van der Waals surface area contributed by atoms with Gasteiger partial charge in [-0.25, -0.2) is 0 Å². The second-order valence-corrected chi connectivity index (χ2v) is 4.89. The number of hydrogen-bond donors (Lipinski definition) is 2. The zero-order valence-corrected chi connectivity index (χ0v) is 10.2. The summed E-state index contributed by atoms with van der Waals surface area (Å²) in [4.78, 5) is 24.4. The Morgan fingerprint density at radius 1 is 1.50 bits per heavy atom. The van der Waals surface area contributed by atoms with E-state index in [1.807, 2.05) is 0 Å². The van der Waals surface area contributed by atoms with Gasteiger partial charge in [-0.2, -0.15) is 0 Å². The van der Waals surface area contributed by atoms with Crippen LogP contribution >= 0.6 is 0 Å². The van der Waals surface area contributed by atoms with Crippen LogP contribution in [0.15, 0.2) is 18.3 Å². The highest BCUT2D eigenvalue weighted by atomic mass is 16.4. The molecule has 1 aromatic heterocycles. The lowest BCUT2D eigenvalue weighted by molar-refractivity contribution is -0.137. The Bertz CT molecular complexity index is 478. The quantitative estimate of drug-likeness (QED) is 0.803. The average molecular weight is 252 g/mol. The van der Waals surface area contributed by atoms with E-state index in [0.29, 0.717) is 18.7 Å². The molecule has 0 saturated carbocycles. The second-order valence-electron chi connectivity index (χ2n) is 4.89. The molecule has 6 heteroatoms. The molecule has 1 amide bonds. The van der Waals surface area contributed by atoms with Crippen LogP contribution < -0.4 is 0 Å². The van der Waals surface area contributed by atoms with Crippen molar-refractivity contribution in [2.24, 2.45) is 0 Å². The molecule has 0 aliphatic carbocycles. The number of carbonyl (C=O) groups is 2. The molecule has 1 unspecified atom stereocenters. The van der Waals surface area contributed by atoms with Gasteiger partial charge in [0.1, 0.15) is 12.2 Å². The van der Waals surface area contributed by atoms with Crippen molar-refractivity contribution in [1.29, 1.82) is 0 Å². The summed E-state index contributed by atoms with van der Waals surface area (Å²) in [5.74, 6) is -1.23. The summed E-state index contributed by atoms with van der Waals surface area (Å²) < 4.78 is 1.40. The molecule has 6 nitrogen and oxygen atoms in total. The lowest BCUT2D eigenvalue weighted by Gasteiger charge is -2.19. The van der Waals surface area contributed by atoms with Gasteiger partial charge in [0.2, 0.25) is 0 Å². The highest BCUT2D eigenvalue weighted by Gasteiger charge is 2.35. The number of carbonyl (C=O) groups excluding carboxylic acids is 1. The fourth-order valence-corrected chi connectivity index (χ4v) is 2.17. The highest BCUT2D eigenvalue weighted by Crippen LogP contribution is 2.22. The summed E-state index contributed by atoms with van der Waals surface area (Å²) >= 11 is 0. The summed E-state index contributed by atoms with van der Waals surface area (Å²) in [6, 6.07) is 3.24. The number of likely N-dealkylation sites (tertiary alicyclic amines) is 1. The Kier molecular flexibility index (Phi) is 3.13. The van der Waals surface area contributed by atoms with E-state index in [1.165, 1.54) is 4.57 Å². The summed E-state index contributed by atoms with van der Waals surface area (Å²) in [6.07, 6.45) is 2.11. The number of hydrogen-bond acceptors (Lipinski definition) is 3. The minimum Gasteiger partial charge on any atom is -0.480 e. The van der Waals surface area contributed by atoms with Crippen LogP contribution in [0.25, 0.3) is 0 Å². The van der Waals surface area contributed by atoms with E-state index in [1.54, 1.807) is 30.2 Å². The van der Waals surface area contributed by atoms with Crippen LogP contribution in [-0.2, 0) is 11.3 Å². The zero-order chi connectivity index (χ0) is 13.3. The van der Waals surface area contributed by atoms with E-state index in [0.717, 1.165) is 0 Å². The van der Waals surface area contributed by atoms with Crippen molar-refractivity contribution in [3.8, 4) is 0 Å². The maximum atomic E-state index is 12.2. The number of aliphatic carboxylic acids is 1. The number of carboxylic acid groups (broad SMARTS) is 1. The van der Waals surface area contributed by atoms with E-state index in [-0.39, 0.29) is 19.0 Å². The molecule has 1 aliphatic rings. The van der Waals surface area contributed by atoms with Crippen LogP contribution in [0.3, 0.4) is 0 Å². The molecule has 0 spiro atoms. The highest BCUT2D eigenvalue weighted by molar-refractivity contribution is 5.93. The Hall–Kier alpha value is -1.82. The second kappa shape index (κ2) is 4.45. The molecule has 1 aromatic rings. The molecule has 0 aromatic carbocycles. The van der Waals surface area contributed by atoms with E-state index >= 15 is 0 Å². The number of carboxylic acids is 1. The van der Waals surface area contributed by atoms with Crippen molar-refractivity contribution in [2.75, 3.05) is 13.1 Å². The monoisotopic (exact) mass is 252 g/mol. The normalized spacial score (nSPS) is 23.3. The molecule has 18 heavy (non-hydrogen) atoms. The first kappa shape index (κ1) is 12.6. The Labute approximate surface area is 104 Å². The van der Waals surface area contributed by atoms with Crippen molar-refractivity contribution in [1.82, 2.24) is 9.47 Å². The lowest BCUT2D eigenvalue weighted by atomic mass is 10.1. The number of β-amino-alcohol motifs (C(OH)–C–C–N with tert-alkyl or cyclic N) is 1. The van der Waals surface area contributed by atoms with Crippen molar-refractivity contribution in [2.45, 2.75) is 25.5 Å². The van der Waals surface area contributed by atoms with Crippen LogP contribution in [-0.4, -0.2) is 50.2 Å². The van der Waals surface area contributed by atoms with Gasteiger partial charge in [0.25, 0.3) is 5.91 Å². The minimum absolute atomic E-state index is 0.237. The van der Waals surface area contributed by atoms with Crippen molar-refractivity contribution in [3.05, 3.63) is 24.0 Å². The molecule has 0 radical (unpaired) electrons. The maximum absolute atomic E-state index is 12.2. The van der Waals surface area contributed by atoms with Crippen molar-refractivity contribution >= 4 is 11.9 Å². The Morgan fingerprint density at radius 2 is 2.22 bits per heavy atom. The minimum atomic E-state index is -0.992. The first-order valence-corrected chi connectivity index (χ1v) is 5.78. The molecule has 2 rings (SSSR count). The molecule has 1 aliphatic heterocycles. The first-order valence-electron chi connectivity index (χ1n) is 5.78. The summed E-state index contributed by atoms with van der Waals surface area (Å²) in [5.41, 5.74) is -0.505. The number of rotatable bonds is 3. The fraction of sp³-hybridized carbons (Fsp3) is 0.500. The van der Waals surface area contributed by atoms with Crippen LogP contribution in [0.4, 0.5) is 0 Å². The molecule has 1 fully saturated rings. The topological polar surface area (TPSA) is 82.8 Å². The van der Waals surface area contributed by atoms with Gasteiger partial charge in [-0.3, -0.25) is 9.59 Å². The van der Waals surface area contributed by atoms with Gasteiger partial charge in [-0.1, -0.05) is 0 Å². The molecule has 1 saturated heterocycles. The molecule has 98 valence electrons. The van der Waals surface area contributed by atoms with E-state index in [9.17, 15) is 14.7 Å². The van der Waals surface area contributed by atoms with E-state index < -0.39 is 11.6 Å². The smallest absolute Gasteiger partial charge is 0.323 e. The predicted molar refractivity (Wildman–Crippen MR) is 63.2 cm³/mol. The summed E-state index contributed by atoms with van der Waals surface area (Å²) in [7, 11) is 0. The maximum Gasteiger partial charge on any atom is 0.323 e. The molecule has 0 bridgehead atoms. The number of amides is 1. The molecular formula is C12H16N2O4. The third-order valence-corrected chi connectivity index (χ3v) is 3.09. The van der Waals surface area contributed by atoms with Gasteiger partial charge in [0.05, 0.1) is 5.60 Å². The molecular weight excluding hydrogens is 236 g/mol. The third-order valence-electron chi connectivity index (χ3n) is 3.09. The first-order chi connectivity index (χ1) is 8.39. The number of aliphatic hydroxyl groups is 1. The van der Waals surface area contributed by atoms with Crippen molar-refractivity contribution < 1.29 is 19.8 Å². The molecule has 2 heterocycles. The van der Waals surface area contributed by atoms with Crippen molar-refractivity contribution in [3.63, 3.8) is 0 Å². The van der Waals surface area contributed by atoms with Gasteiger partial charge in [-0.05, 0) is 25.5 Å². The van der Waals surface area contributed by atoms with Gasteiger partial charge in [0, 0.05) is 19.3 Å². The lowest BCUT2D eigenvalue weighted by Crippen LogP contribution is -2.35.